The smallest absolute Gasteiger partial charge is 0.271 e. The van der Waals surface area contributed by atoms with E-state index in [0.717, 1.165) is 48.0 Å². The number of piperazine rings is 1. The second kappa shape index (κ2) is 8.93. The Labute approximate surface area is 182 Å². The Morgan fingerprint density at radius 2 is 1.84 bits per heavy atom. The van der Waals surface area contributed by atoms with Gasteiger partial charge in [-0.15, -0.1) is 0 Å². The summed E-state index contributed by atoms with van der Waals surface area (Å²) in [5.41, 5.74) is 5.47. The van der Waals surface area contributed by atoms with Crippen LogP contribution < -0.4 is 4.74 Å². The Hall–Kier alpha value is -3.13. The van der Waals surface area contributed by atoms with E-state index in [2.05, 4.69) is 32.3 Å². The number of aryl methyl sites for hydroxylation is 2. The van der Waals surface area contributed by atoms with Crippen molar-refractivity contribution in [1.82, 2.24) is 29.8 Å². The van der Waals surface area contributed by atoms with Gasteiger partial charge >= 0.3 is 0 Å². The molecule has 3 heterocycles. The molecule has 1 amide bonds. The van der Waals surface area contributed by atoms with Crippen LogP contribution in [0.5, 0.6) is 5.75 Å². The number of carbonyl (C=O) groups is 1. The molecule has 0 aliphatic carbocycles. The summed E-state index contributed by atoms with van der Waals surface area (Å²) in [6, 6.07) is 10.1. The van der Waals surface area contributed by atoms with Crippen LogP contribution >= 0.6 is 0 Å². The van der Waals surface area contributed by atoms with E-state index in [1.165, 1.54) is 5.56 Å². The Kier molecular flexibility index (Phi) is 6.08. The highest BCUT2D eigenvalue weighted by Gasteiger charge is 2.24. The molecule has 4 rings (SSSR count). The minimum absolute atomic E-state index is 0.00124. The van der Waals surface area contributed by atoms with Crippen LogP contribution in [0.25, 0.3) is 11.3 Å². The average Bonchev–Trinajstić information content (AvgIpc) is 3.34. The van der Waals surface area contributed by atoms with Gasteiger partial charge in [-0.3, -0.25) is 19.5 Å². The van der Waals surface area contributed by atoms with E-state index < -0.39 is 0 Å². The summed E-state index contributed by atoms with van der Waals surface area (Å²) >= 11 is 0. The number of ether oxygens (including phenoxy) is 1. The lowest BCUT2D eigenvalue weighted by molar-refractivity contribution is 0.0622. The predicted octanol–water partition coefficient (Wildman–Crippen LogP) is 2.78. The third-order valence-electron chi connectivity index (χ3n) is 5.87. The number of H-pyrrole nitrogens is 1. The molecule has 0 saturated carbocycles. The third-order valence-corrected chi connectivity index (χ3v) is 5.87. The zero-order chi connectivity index (χ0) is 22.0. The molecule has 0 unspecified atom stereocenters. The highest BCUT2D eigenvalue weighted by Crippen LogP contribution is 2.25. The molecule has 0 spiro atoms. The second-order valence-electron chi connectivity index (χ2n) is 7.98. The summed E-state index contributed by atoms with van der Waals surface area (Å²) in [5, 5.41) is 11.8. The van der Waals surface area contributed by atoms with Crippen molar-refractivity contribution >= 4 is 5.91 Å². The molecule has 1 fully saturated rings. The minimum atomic E-state index is -0.00124. The summed E-state index contributed by atoms with van der Waals surface area (Å²) in [4.78, 5) is 17.3. The Morgan fingerprint density at radius 3 is 2.45 bits per heavy atom. The third kappa shape index (κ3) is 4.49. The van der Waals surface area contributed by atoms with E-state index in [9.17, 15) is 4.79 Å². The SMILES string of the molecule is CCOc1ccc(CN2CCN(C(=O)c3cc(-c4c(C)nn(C)c4C)n[nH]3)CC2)cc1. The van der Waals surface area contributed by atoms with Gasteiger partial charge in [-0.2, -0.15) is 10.2 Å². The van der Waals surface area contributed by atoms with Crippen molar-refractivity contribution in [3.8, 4) is 17.0 Å². The molecule has 8 heteroatoms. The zero-order valence-corrected chi connectivity index (χ0v) is 18.7. The summed E-state index contributed by atoms with van der Waals surface area (Å²) in [6.45, 7) is 10.6. The molecule has 2 aromatic heterocycles. The van der Waals surface area contributed by atoms with Crippen LogP contribution in [0.4, 0.5) is 0 Å². The minimum Gasteiger partial charge on any atom is -0.494 e. The van der Waals surface area contributed by atoms with E-state index in [-0.39, 0.29) is 5.91 Å². The molecular weight excluding hydrogens is 392 g/mol. The van der Waals surface area contributed by atoms with Crippen molar-refractivity contribution in [2.75, 3.05) is 32.8 Å². The number of rotatable bonds is 6. The fraction of sp³-hybridized carbons (Fsp3) is 0.435. The Bertz CT molecular complexity index is 1040. The largest absolute Gasteiger partial charge is 0.494 e. The summed E-state index contributed by atoms with van der Waals surface area (Å²) in [5.74, 6) is 0.899. The quantitative estimate of drug-likeness (QED) is 0.661. The number of hydrogen-bond donors (Lipinski definition) is 1. The van der Waals surface area contributed by atoms with Gasteiger partial charge in [-0.05, 0) is 44.5 Å². The predicted molar refractivity (Wildman–Crippen MR) is 119 cm³/mol. The van der Waals surface area contributed by atoms with Crippen LogP contribution in [0.3, 0.4) is 0 Å². The van der Waals surface area contributed by atoms with Crippen molar-refractivity contribution in [1.29, 1.82) is 0 Å². The van der Waals surface area contributed by atoms with E-state index in [0.29, 0.717) is 25.4 Å². The van der Waals surface area contributed by atoms with Crippen LogP contribution in [0.1, 0.15) is 34.4 Å². The van der Waals surface area contributed by atoms with Gasteiger partial charge in [0, 0.05) is 51.0 Å². The highest BCUT2D eigenvalue weighted by molar-refractivity contribution is 5.93. The maximum absolute atomic E-state index is 13.0. The van der Waals surface area contributed by atoms with Gasteiger partial charge in [0.25, 0.3) is 5.91 Å². The van der Waals surface area contributed by atoms with E-state index in [4.69, 9.17) is 4.74 Å². The van der Waals surface area contributed by atoms with Crippen molar-refractivity contribution in [3.63, 3.8) is 0 Å². The van der Waals surface area contributed by atoms with Crippen molar-refractivity contribution in [2.45, 2.75) is 27.3 Å². The number of aromatic amines is 1. The van der Waals surface area contributed by atoms with Crippen molar-refractivity contribution in [2.24, 2.45) is 7.05 Å². The fourth-order valence-electron chi connectivity index (χ4n) is 4.10. The van der Waals surface area contributed by atoms with Crippen LogP contribution in [0, 0.1) is 13.8 Å². The Balaban J connectivity index is 1.35. The van der Waals surface area contributed by atoms with Crippen LogP contribution in [-0.2, 0) is 13.6 Å². The van der Waals surface area contributed by atoms with Crippen molar-refractivity contribution in [3.05, 3.63) is 53.0 Å². The molecule has 8 nitrogen and oxygen atoms in total. The molecule has 1 aromatic carbocycles. The molecule has 0 radical (unpaired) electrons. The fourth-order valence-corrected chi connectivity index (χ4v) is 4.10. The lowest BCUT2D eigenvalue weighted by Gasteiger charge is -2.34. The molecular formula is C23H30N6O2. The van der Waals surface area contributed by atoms with E-state index >= 15 is 0 Å². The first-order chi connectivity index (χ1) is 15.0. The first-order valence-electron chi connectivity index (χ1n) is 10.8. The van der Waals surface area contributed by atoms with Gasteiger partial charge in [0.15, 0.2) is 0 Å². The number of hydrogen-bond acceptors (Lipinski definition) is 5. The molecule has 1 N–H and O–H groups in total. The number of aromatic nitrogens is 4. The first kappa shape index (κ1) is 21.1. The maximum Gasteiger partial charge on any atom is 0.271 e. The number of benzene rings is 1. The number of nitrogens with one attached hydrogen (secondary N) is 1. The van der Waals surface area contributed by atoms with E-state index in [1.54, 1.807) is 0 Å². The van der Waals surface area contributed by atoms with Gasteiger partial charge in [-0.25, -0.2) is 0 Å². The van der Waals surface area contributed by atoms with Crippen LogP contribution in [0.15, 0.2) is 30.3 Å². The van der Waals surface area contributed by atoms with Gasteiger partial charge < -0.3 is 9.64 Å². The van der Waals surface area contributed by atoms with Gasteiger partial charge in [0.1, 0.15) is 11.4 Å². The number of amides is 1. The molecule has 1 saturated heterocycles. The summed E-state index contributed by atoms with van der Waals surface area (Å²) in [6.07, 6.45) is 0. The normalized spacial score (nSPS) is 14.8. The lowest BCUT2D eigenvalue weighted by atomic mass is 10.1. The van der Waals surface area contributed by atoms with Crippen LogP contribution in [-0.4, -0.2) is 68.5 Å². The lowest BCUT2D eigenvalue weighted by Crippen LogP contribution is -2.48. The zero-order valence-electron chi connectivity index (χ0n) is 18.7. The monoisotopic (exact) mass is 422 g/mol. The molecule has 0 atom stereocenters. The average molecular weight is 423 g/mol. The molecule has 31 heavy (non-hydrogen) atoms. The molecule has 0 bridgehead atoms. The topological polar surface area (TPSA) is 79.3 Å². The van der Waals surface area contributed by atoms with Gasteiger partial charge in [0.05, 0.1) is 18.0 Å². The molecule has 164 valence electrons. The number of nitrogens with zero attached hydrogens (tertiary/aromatic N) is 5. The summed E-state index contributed by atoms with van der Waals surface area (Å²) in [7, 11) is 1.91. The number of carbonyl (C=O) groups excluding carboxylic acids is 1. The molecule has 1 aliphatic rings. The standard InChI is InChI=1S/C23H30N6O2/c1-5-31-19-8-6-18(7-9-19)15-28-10-12-29(13-11-28)23(30)21-14-20(24-25-21)22-16(2)26-27(4)17(22)3/h6-9,14H,5,10-13,15H2,1-4H3,(H,24,25). The molecule has 3 aromatic rings. The van der Waals surface area contributed by atoms with Gasteiger partial charge in [0.2, 0.25) is 0 Å². The second-order valence-corrected chi connectivity index (χ2v) is 7.98. The van der Waals surface area contributed by atoms with Gasteiger partial charge in [-0.1, -0.05) is 12.1 Å². The first-order valence-corrected chi connectivity index (χ1v) is 10.8. The van der Waals surface area contributed by atoms with Crippen molar-refractivity contribution < 1.29 is 9.53 Å². The highest BCUT2D eigenvalue weighted by atomic mass is 16.5. The summed E-state index contributed by atoms with van der Waals surface area (Å²) < 4.78 is 7.34. The maximum atomic E-state index is 13.0. The van der Waals surface area contributed by atoms with Crippen LogP contribution in [0.2, 0.25) is 0 Å². The molecule has 1 aliphatic heterocycles. The van der Waals surface area contributed by atoms with E-state index in [1.807, 2.05) is 55.6 Å². The Morgan fingerprint density at radius 1 is 1.13 bits per heavy atom.